The lowest BCUT2D eigenvalue weighted by atomic mass is 9.74. The highest BCUT2D eigenvalue weighted by Gasteiger charge is 2.40. The van der Waals surface area contributed by atoms with Gasteiger partial charge in [-0.15, -0.1) is 0 Å². The molecule has 1 aliphatic rings. The molecule has 0 radical (unpaired) electrons. The fourth-order valence-corrected chi connectivity index (χ4v) is 3.62. The predicted octanol–water partition coefficient (Wildman–Crippen LogP) is 5.07. The second-order valence-electron chi connectivity index (χ2n) is 6.31. The zero-order valence-corrected chi connectivity index (χ0v) is 13.0. The maximum Gasteiger partial charge on any atom is 0.169 e. The molecule has 0 amide bonds. The van der Waals surface area contributed by atoms with Crippen LogP contribution in [0.1, 0.15) is 71.6 Å². The Bertz CT molecular complexity index is 479. The van der Waals surface area contributed by atoms with Crippen LogP contribution in [0.15, 0.2) is 6.07 Å². The Hall–Kier alpha value is -1.11. The third-order valence-corrected chi connectivity index (χ3v) is 5.31. The van der Waals surface area contributed by atoms with Gasteiger partial charge in [0.25, 0.3) is 0 Å². The summed E-state index contributed by atoms with van der Waals surface area (Å²) >= 11 is 0. The highest BCUT2D eigenvalue weighted by Crippen LogP contribution is 2.44. The first kappa shape index (κ1) is 14.3. The summed E-state index contributed by atoms with van der Waals surface area (Å²) in [5.74, 6) is 0.411. The largest absolute Gasteiger partial charge is 0.294 e. The van der Waals surface area contributed by atoms with E-state index in [2.05, 4.69) is 40.7 Å². The lowest BCUT2D eigenvalue weighted by Gasteiger charge is -2.28. The van der Waals surface area contributed by atoms with Crippen molar-refractivity contribution in [3.8, 4) is 0 Å². The Morgan fingerprint density at radius 3 is 1.95 bits per heavy atom. The van der Waals surface area contributed by atoms with E-state index in [1.54, 1.807) is 0 Å². The second kappa shape index (κ2) is 5.11. The van der Waals surface area contributed by atoms with Crippen LogP contribution >= 0.6 is 0 Å². The van der Waals surface area contributed by atoms with E-state index in [0.717, 1.165) is 24.8 Å². The van der Waals surface area contributed by atoms with E-state index in [1.807, 2.05) is 0 Å². The van der Waals surface area contributed by atoms with Crippen LogP contribution in [0, 0.1) is 33.1 Å². The van der Waals surface area contributed by atoms with Gasteiger partial charge in [0.1, 0.15) is 0 Å². The van der Waals surface area contributed by atoms with Crippen molar-refractivity contribution in [1.82, 2.24) is 0 Å². The first-order chi connectivity index (χ1) is 8.93. The Morgan fingerprint density at radius 1 is 1.05 bits per heavy atom. The van der Waals surface area contributed by atoms with Gasteiger partial charge in [0, 0.05) is 11.0 Å². The van der Waals surface area contributed by atoms with Crippen LogP contribution in [0.25, 0.3) is 0 Å². The SMILES string of the molecule is CCC1(C(=O)c2c(C)c(C)cc(C)c2C)CCCC1. The average Bonchev–Trinajstić information content (AvgIpc) is 2.86. The normalized spacial score (nSPS) is 17.7. The second-order valence-corrected chi connectivity index (χ2v) is 6.31. The molecule has 1 aliphatic carbocycles. The van der Waals surface area contributed by atoms with Gasteiger partial charge in [0.2, 0.25) is 0 Å². The fraction of sp³-hybridized carbons (Fsp3) is 0.611. The van der Waals surface area contributed by atoms with Crippen LogP contribution in [0.2, 0.25) is 0 Å². The molecule has 0 bridgehead atoms. The molecule has 1 aromatic rings. The van der Waals surface area contributed by atoms with E-state index in [-0.39, 0.29) is 5.41 Å². The number of benzene rings is 1. The molecule has 1 aromatic carbocycles. The minimum absolute atomic E-state index is 0.0737. The summed E-state index contributed by atoms with van der Waals surface area (Å²) < 4.78 is 0. The third-order valence-electron chi connectivity index (χ3n) is 5.31. The summed E-state index contributed by atoms with van der Waals surface area (Å²) in [5, 5.41) is 0. The Balaban J connectivity index is 2.55. The van der Waals surface area contributed by atoms with Crippen molar-refractivity contribution in [2.45, 2.75) is 66.7 Å². The smallest absolute Gasteiger partial charge is 0.169 e. The summed E-state index contributed by atoms with van der Waals surface area (Å²) in [6, 6.07) is 2.20. The zero-order chi connectivity index (χ0) is 14.2. The Labute approximate surface area is 117 Å². The molecule has 0 aromatic heterocycles. The monoisotopic (exact) mass is 258 g/mol. The molecular weight excluding hydrogens is 232 g/mol. The summed E-state index contributed by atoms with van der Waals surface area (Å²) in [6.07, 6.45) is 5.56. The number of rotatable bonds is 3. The van der Waals surface area contributed by atoms with Crippen molar-refractivity contribution in [1.29, 1.82) is 0 Å². The molecule has 1 nitrogen and oxygen atoms in total. The van der Waals surface area contributed by atoms with Gasteiger partial charge >= 0.3 is 0 Å². The van der Waals surface area contributed by atoms with Gasteiger partial charge in [-0.3, -0.25) is 4.79 Å². The molecular formula is C18H26O. The summed E-state index contributed by atoms with van der Waals surface area (Å²) in [7, 11) is 0. The van der Waals surface area contributed by atoms with Gasteiger partial charge < -0.3 is 0 Å². The van der Waals surface area contributed by atoms with Crippen LogP contribution in [0.4, 0.5) is 0 Å². The molecule has 0 spiro atoms. The molecule has 1 fully saturated rings. The quantitative estimate of drug-likeness (QED) is 0.691. The Kier molecular flexibility index (Phi) is 3.85. The molecule has 0 saturated heterocycles. The number of hydrogen-bond acceptors (Lipinski definition) is 1. The summed E-state index contributed by atoms with van der Waals surface area (Å²) in [4.78, 5) is 13.1. The topological polar surface area (TPSA) is 17.1 Å². The van der Waals surface area contributed by atoms with Gasteiger partial charge in [-0.25, -0.2) is 0 Å². The van der Waals surface area contributed by atoms with Crippen molar-refractivity contribution in [3.63, 3.8) is 0 Å². The first-order valence-corrected chi connectivity index (χ1v) is 7.55. The zero-order valence-electron chi connectivity index (χ0n) is 13.0. The number of hydrogen-bond donors (Lipinski definition) is 0. The number of ketones is 1. The molecule has 1 saturated carbocycles. The molecule has 0 atom stereocenters. The molecule has 19 heavy (non-hydrogen) atoms. The average molecular weight is 258 g/mol. The van der Waals surface area contributed by atoms with Crippen LogP contribution in [-0.4, -0.2) is 5.78 Å². The van der Waals surface area contributed by atoms with Gasteiger partial charge in [0.05, 0.1) is 0 Å². The molecule has 104 valence electrons. The van der Waals surface area contributed by atoms with Crippen LogP contribution < -0.4 is 0 Å². The maximum absolute atomic E-state index is 13.1. The predicted molar refractivity (Wildman–Crippen MR) is 80.9 cm³/mol. The minimum atomic E-state index is -0.0737. The molecule has 2 rings (SSSR count). The van der Waals surface area contributed by atoms with E-state index < -0.39 is 0 Å². The first-order valence-electron chi connectivity index (χ1n) is 7.55. The van der Waals surface area contributed by atoms with Crippen molar-refractivity contribution in [3.05, 3.63) is 33.9 Å². The highest BCUT2D eigenvalue weighted by molar-refractivity contribution is 6.03. The summed E-state index contributed by atoms with van der Waals surface area (Å²) in [5.41, 5.74) is 5.81. The minimum Gasteiger partial charge on any atom is -0.294 e. The van der Waals surface area contributed by atoms with E-state index in [4.69, 9.17) is 0 Å². The maximum atomic E-state index is 13.1. The third kappa shape index (κ3) is 2.24. The van der Waals surface area contributed by atoms with E-state index >= 15 is 0 Å². The number of Topliss-reactive ketones (excluding diaryl/α,β-unsaturated/α-hetero) is 1. The number of carbonyl (C=O) groups excluding carboxylic acids is 1. The van der Waals surface area contributed by atoms with Crippen LogP contribution in [0.5, 0.6) is 0 Å². The van der Waals surface area contributed by atoms with Crippen molar-refractivity contribution in [2.75, 3.05) is 0 Å². The van der Waals surface area contributed by atoms with Crippen molar-refractivity contribution < 1.29 is 4.79 Å². The summed E-state index contributed by atoms with van der Waals surface area (Å²) in [6.45, 7) is 10.6. The van der Waals surface area contributed by atoms with Gasteiger partial charge in [0.15, 0.2) is 5.78 Å². The highest BCUT2D eigenvalue weighted by atomic mass is 16.1. The van der Waals surface area contributed by atoms with Crippen molar-refractivity contribution in [2.24, 2.45) is 5.41 Å². The van der Waals surface area contributed by atoms with Gasteiger partial charge in [-0.2, -0.15) is 0 Å². The van der Waals surface area contributed by atoms with Crippen LogP contribution in [0.3, 0.4) is 0 Å². The van der Waals surface area contributed by atoms with E-state index in [0.29, 0.717) is 5.78 Å². The standard InChI is InChI=1S/C18H26O/c1-6-18(9-7-8-10-18)17(19)16-14(4)12(2)11-13(3)15(16)5/h11H,6-10H2,1-5H3. The van der Waals surface area contributed by atoms with Gasteiger partial charge in [-0.05, 0) is 69.2 Å². The van der Waals surface area contributed by atoms with E-state index in [1.165, 1.54) is 35.1 Å². The molecule has 0 unspecified atom stereocenters. The molecule has 0 N–H and O–H groups in total. The molecule has 1 heteroatoms. The van der Waals surface area contributed by atoms with Crippen molar-refractivity contribution >= 4 is 5.78 Å². The fourth-order valence-electron chi connectivity index (χ4n) is 3.62. The molecule has 0 aliphatic heterocycles. The van der Waals surface area contributed by atoms with Crippen LogP contribution in [-0.2, 0) is 0 Å². The number of aryl methyl sites for hydroxylation is 2. The Morgan fingerprint density at radius 2 is 1.53 bits per heavy atom. The van der Waals surface area contributed by atoms with E-state index in [9.17, 15) is 4.79 Å². The van der Waals surface area contributed by atoms with Gasteiger partial charge in [-0.1, -0.05) is 25.8 Å². The lowest BCUT2D eigenvalue weighted by Crippen LogP contribution is -2.29. The molecule has 0 heterocycles. The number of carbonyl (C=O) groups is 1. The lowest BCUT2D eigenvalue weighted by molar-refractivity contribution is 0.0789.